The van der Waals surface area contributed by atoms with Crippen molar-refractivity contribution in [2.45, 2.75) is 46.1 Å². The van der Waals surface area contributed by atoms with Gasteiger partial charge in [-0.15, -0.1) is 0 Å². The molecule has 0 aromatic heterocycles. The molecule has 0 aromatic carbocycles. The molecule has 2 fully saturated rings. The number of nitrogens with one attached hydrogen (secondary N) is 1. The highest BCUT2D eigenvalue weighted by Gasteiger charge is 2.42. The van der Waals surface area contributed by atoms with Crippen molar-refractivity contribution < 1.29 is 21.9 Å². The number of carbonyl (C=O) groups excluding carboxylic acids is 1. The number of ether oxygens (including phenoxy) is 1. The van der Waals surface area contributed by atoms with Crippen LogP contribution in [0.5, 0.6) is 0 Å². The Hall–Kier alpha value is -0.300. The molecule has 0 aromatic rings. The standard InChI is InChI=1S/C11H19NO2S.C2H6.2H2O.H2/c1-2-14-10(13)9-7-11(8-12-9)3-5-15-6-4-11;1-2;;;/h9,12H,2-8H2,1H3;1-2H3;2*1H2;1H. The van der Waals surface area contributed by atoms with Gasteiger partial charge in [0.05, 0.1) is 6.61 Å². The van der Waals surface area contributed by atoms with Gasteiger partial charge in [-0.3, -0.25) is 4.79 Å². The highest BCUT2D eigenvalue weighted by molar-refractivity contribution is 7.99. The molecule has 1 atom stereocenters. The summed E-state index contributed by atoms with van der Waals surface area (Å²) in [5.41, 5.74) is 0.392. The van der Waals surface area contributed by atoms with Gasteiger partial charge in [0, 0.05) is 7.97 Å². The van der Waals surface area contributed by atoms with Crippen LogP contribution in [0.1, 0.15) is 41.5 Å². The third-order valence-corrected chi connectivity index (χ3v) is 4.47. The highest BCUT2D eigenvalue weighted by atomic mass is 32.2. The Balaban J connectivity index is -0.000000553. The van der Waals surface area contributed by atoms with Crippen molar-refractivity contribution in [2.24, 2.45) is 5.41 Å². The molecule has 5 N–H and O–H groups in total. The van der Waals surface area contributed by atoms with E-state index >= 15 is 0 Å². The van der Waals surface area contributed by atoms with Crippen molar-refractivity contribution in [3.8, 4) is 0 Å². The molecule has 2 saturated heterocycles. The molecule has 2 rings (SSSR count). The van der Waals surface area contributed by atoms with Crippen LogP contribution in [0.3, 0.4) is 0 Å². The van der Waals surface area contributed by atoms with Crippen molar-refractivity contribution in [1.29, 1.82) is 0 Å². The van der Waals surface area contributed by atoms with Crippen LogP contribution in [-0.2, 0) is 9.53 Å². The van der Waals surface area contributed by atoms with Gasteiger partial charge in [0.1, 0.15) is 6.04 Å². The Morgan fingerprint density at radius 1 is 1.37 bits per heavy atom. The molecule has 1 unspecified atom stereocenters. The molecule has 0 bridgehead atoms. The van der Waals surface area contributed by atoms with Gasteiger partial charge in [-0.2, -0.15) is 11.8 Å². The number of thioether (sulfide) groups is 1. The first kappa shape index (κ1) is 21.0. The lowest BCUT2D eigenvalue weighted by atomic mass is 9.80. The zero-order chi connectivity index (χ0) is 12.7. The van der Waals surface area contributed by atoms with E-state index < -0.39 is 0 Å². The molecular formula is C13H31NO4S. The summed E-state index contributed by atoms with van der Waals surface area (Å²) in [6.07, 6.45) is 3.48. The lowest BCUT2D eigenvalue weighted by molar-refractivity contribution is -0.145. The Kier molecular flexibility index (Phi) is 11.6. The van der Waals surface area contributed by atoms with Crippen LogP contribution in [0.4, 0.5) is 0 Å². The number of rotatable bonds is 2. The van der Waals surface area contributed by atoms with Gasteiger partial charge in [0.2, 0.25) is 0 Å². The summed E-state index contributed by atoms with van der Waals surface area (Å²) in [6.45, 7) is 7.34. The fraction of sp³-hybridized carbons (Fsp3) is 0.923. The van der Waals surface area contributed by atoms with E-state index in [-0.39, 0.29) is 24.4 Å². The molecule has 1 spiro atoms. The molecule has 0 radical (unpaired) electrons. The van der Waals surface area contributed by atoms with E-state index in [1.165, 1.54) is 24.3 Å². The molecule has 5 nitrogen and oxygen atoms in total. The molecule has 0 amide bonds. The fourth-order valence-electron chi connectivity index (χ4n) is 2.51. The maximum atomic E-state index is 11.6. The number of carbonyl (C=O) groups is 1. The molecular weight excluding hydrogens is 266 g/mol. The summed E-state index contributed by atoms with van der Waals surface area (Å²) >= 11 is 2.03. The first-order valence-corrected chi connectivity index (χ1v) is 7.89. The quantitative estimate of drug-likeness (QED) is 0.769. The second-order valence-corrected chi connectivity index (χ2v) is 5.73. The van der Waals surface area contributed by atoms with Gasteiger partial charge in [-0.25, -0.2) is 0 Å². The van der Waals surface area contributed by atoms with Gasteiger partial charge in [-0.05, 0) is 43.1 Å². The first-order valence-electron chi connectivity index (χ1n) is 6.73. The van der Waals surface area contributed by atoms with Crippen molar-refractivity contribution in [2.75, 3.05) is 24.7 Å². The average Bonchev–Trinajstić information content (AvgIpc) is 2.77. The number of esters is 1. The molecule has 2 aliphatic heterocycles. The Bertz CT molecular complexity index is 251. The summed E-state index contributed by atoms with van der Waals surface area (Å²) in [4.78, 5) is 11.6. The Morgan fingerprint density at radius 2 is 1.95 bits per heavy atom. The highest BCUT2D eigenvalue weighted by Crippen LogP contribution is 2.41. The SMILES string of the molecule is CC.CCOC(=O)C1CC2(CCSCC2)CN1.O.O.[HH]. The molecule has 19 heavy (non-hydrogen) atoms. The minimum Gasteiger partial charge on any atom is -0.465 e. The molecule has 2 heterocycles. The van der Waals surface area contributed by atoms with E-state index in [4.69, 9.17) is 4.74 Å². The van der Waals surface area contributed by atoms with Crippen LogP contribution in [0.15, 0.2) is 0 Å². The van der Waals surface area contributed by atoms with Crippen LogP contribution in [0.2, 0.25) is 0 Å². The van der Waals surface area contributed by atoms with Crippen LogP contribution in [-0.4, -0.2) is 47.6 Å². The zero-order valence-corrected chi connectivity index (χ0v) is 13.1. The minimum atomic E-state index is -0.0624. The molecule has 118 valence electrons. The number of hydrogen-bond donors (Lipinski definition) is 1. The topological polar surface area (TPSA) is 101 Å². The Labute approximate surface area is 122 Å². The van der Waals surface area contributed by atoms with Crippen LogP contribution in [0, 0.1) is 5.41 Å². The molecule has 0 saturated carbocycles. The summed E-state index contributed by atoms with van der Waals surface area (Å²) < 4.78 is 5.05. The van der Waals surface area contributed by atoms with E-state index in [2.05, 4.69) is 5.32 Å². The predicted octanol–water partition coefficient (Wildman–Crippen LogP) is 1.05. The Morgan fingerprint density at radius 3 is 2.47 bits per heavy atom. The minimum absolute atomic E-state index is 0. The smallest absolute Gasteiger partial charge is 0.323 e. The van der Waals surface area contributed by atoms with Gasteiger partial charge in [0.25, 0.3) is 0 Å². The maximum absolute atomic E-state index is 11.6. The van der Waals surface area contributed by atoms with Crippen molar-refractivity contribution in [3.63, 3.8) is 0 Å². The van der Waals surface area contributed by atoms with Crippen molar-refractivity contribution in [1.82, 2.24) is 5.32 Å². The van der Waals surface area contributed by atoms with Crippen molar-refractivity contribution >= 4 is 17.7 Å². The summed E-state index contributed by atoms with van der Waals surface area (Å²) in [5.74, 6) is 2.43. The number of hydrogen-bond acceptors (Lipinski definition) is 4. The third-order valence-electron chi connectivity index (χ3n) is 3.49. The van der Waals surface area contributed by atoms with Crippen LogP contribution < -0.4 is 5.32 Å². The lowest BCUT2D eigenvalue weighted by Gasteiger charge is -2.32. The molecule has 2 aliphatic rings. The largest absolute Gasteiger partial charge is 0.465 e. The van der Waals surface area contributed by atoms with Gasteiger partial charge < -0.3 is 21.0 Å². The van der Waals surface area contributed by atoms with Crippen LogP contribution in [0.25, 0.3) is 0 Å². The predicted molar refractivity (Wildman–Crippen MR) is 82.7 cm³/mol. The van der Waals surface area contributed by atoms with E-state index in [9.17, 15) is 4.79 Å². The van der Waals surface area contributed by atoms with E-state index in [0.29, 0.717) is 12.0 Å². The fourth-order valence-corrected chi connectivity index (χ4v) is 3.87. The third kappa shape index (κ3) is 5.69. The van der Waals surface area contributed by atoms with Gasteiger partial charge in [-0.1, -0.05) is 13.8 Å². The van der Waals surface area contributed by atoms with E-state index in [1.807, 2.05) is 32.5 Å². The second-order valence-electron chi connectivity index (χ2n) is 4.50. The lowest BCUT2D eigenvalue weighted by Crippen LogP contribution is -2.32. The summed E-state index contributed by atoms with van der Waals surface area (Å²) in [5, 5.41) is 3.32. The molecule has 6 heteroatoms. The first-order chi connectivity index (χ1) is 8.26. The summed E-state index contributed by atoms with van der Waals surface area (Å²) in [6, 6.07) is -0.0481. The van der Waals surface area contributed by atoms with Gasteiger partial charge >= 0.3 is 5.97 Å². The zero-order valence-electron chi connectivity index (χ0n) is 12.3. The van der Waals surface area contributed by atoms with Gasteiger partial charge in [0.15, 0.2) is 0 Å². The monoisotopic (exact) mass is 297 g/mol. The second kappa shape index (κ2) is 10.5. The summed E-state index contributed by atoms with van der Waals surface area (Å²) in [7, 11) is 0. The maximum Gasteiger partial charge on any atom is 0.323 e. The van der Waals surface area contributed by atoms with Crippen LogP contribution >= 0.6 is 11.8 Å². The molecule has 0 aliphatic carbocycles. The van der Waals surface area contributed by atoms with E-state index in [0.717, 1.165) is 13.0 Å². The average molecular weight is 297 g/mol. The normalized spacial score (nSPS) is 23.4. The van der Waals surface area contributed by atoms with E-state index in [1.54, 1.807) is 0 Å². The van der Waals surface area contributed by atoms with Crippen molar-refractivity contribution in [3.05, 3.63) is 0 Å².